The van der Waals surface area contributed by atoms with Gasteiger partial charge in [0.15, 0.2) is 0 Å². The molecule has 0 atom stereocenters. The van der Waals surface area contributed by atoms with E-state index in [9.17, 15) is 4.79 Å². The summed E-state index contributed by atoms with van der Waals surface area (Å²) in [5.74, 6) is 0.646. The smallest absolute Gasteiger partial charge is 0.246 e. The lowest BCUT2D eigenvalue weighted by Gasteiger charge is -2.31. The van der Waals surface area contributed by atoms with Crippen molar-refractivity contribution in [3.63, 3.8) is 0 Å². The summed E-state index contributed by atoms with van der Waals surface area (Å²) in [4.78, 5) is 16.0. The van der Waals surface area contributed by atoms with E-state index >= 15 is 0 Å². The lowest BCUT2D eigenvalue weighted by Crippen LogP contribution is -3.14. The van der Waals surface area contributed by atoms with Gasteiger partial charge < -0.3 is 9.80 Å². The molecule has 1 fully saturated rings. The molecular weight excluding hydrogens is 344 g/mol. The Morgan fingerprint density at radius 2 is 1.61 bits per heavy atom. The van der Waals surface area contributed by atoms with Crippen LogP contribution in [-0.2, 0) is 4.79 Å². The zero-order valence-corrected chi connectivity index (χ0v) is 17.0. The molecule has 2 aromatic carbocycles. The Kier molecular flexibility index (Phi) is 7.21. The first-order valence-corrected chi connectivity index (χ1v) is 10.2. The van der Waals surface area contributed by atoms with Gasteiger partial charge in [-0.2, -0.15) is 0 Å². The molecule has 1 aliphatic rings. The van der Waals surface area contributed by atoms with Crippen molar-refractivity contribution >= 4 is 18.1 Å². The number of hydrogen-bond donors (Lipinski definition) is 1. The molecule has 3 heteroatoms. The van der Waals surface area contributed by atoms with E-state index in [1.165, 1.54) is 16.0 Å². The maximum absolute atomic E-state index is 12.5. The number of carbonyl (C=O) groups excluding carboxylic acids is 1. The highest BCUT2D eigenvalue weighted by molar-refractivity contribution is 5.91. The summed E-state index contributed by atoms with van der Waals surface area (Å²) in [7, 11) is 0. The second-order valence-electron chi connectivity index (χ2n) is 7.75. The molecule has 28 heavy (non-hydrogen) atoms. The Labute approximate surface area is 169 Å². The molecule has 0 spiro atoms. The standard InChI is InChI=1S/C25H30N2O/c1-21(2)24-13-10-23(11-14-24)12-15-25(28)27-19-17-26(18-20-27)16-6-9-22-7-4-3-5-8-22/h3-15,21H,16-20H2,1-2H3/p+1/b9-6+,15-12+. The van der Waals surface area contributed by atoms with Gasteiger partial charge in [0.25, 0.3) is 0 Å². The van der Waals surface area contributed by atoms with Crippen LogP contribution in [0.1, 0.15) is 36.5 Å². The average molecular weight is 376 g/mol. The Morgan fingerprint density at radius 1 is 0.964 bits per heavy atom. The monoisotopic (exact) mass is 375 g/mol. The van der Waals surface area contributed by atoms with Crippen LogP contribution < -0.4 is 4.90 Å². The van der Waals surface area contributed by atoms with Gasteiger partial charge in [-0.05, 0) is 34.8 Å². The average Bonchev–Trinajstić information content (AvgIpc) is 2.73. The van der Waals surface area contributed by atoms with Crippen LogP contribution in [0.25, 0.3) is 12.2 Å². The van der Waals surface area contributed by atoms with E-state index in [1.54, 1.807) is 6.08 Å². The molecule has 1 amide bonds. The predicted molar refractivity (Wildman–Crippen MR) is 117 cm³/mol. The summed E-state index contributed by atoms with van der Waals surface area (Å²) in [5.41, 5.74) is 3.64. The Balaban J connectivity index is 1.43. The number of carbonyl (C=O) groups is 1. The van der Waals surface area contributed by atoms with Gasteiger partial charge in [-0.25, -0.2) is 0 Å². The number of quaternary nitrogens is 1. The molecule has 1 saturated heterocycles. The van der Waals surface area contributed by atoms with Crippen molar-refractivity contribution in [3.05, 3.63) is 83.4 Å². The van der Waals surface area contributed by atoms with Crippen molar-refractivity contribution in [2.45, 2.75) is 19.8 Å². The fourth-order valence-electron chi connectivity index (χ4n) is 3.44. The van der Waals surface area contributed by atoms with Crippen molar-refractivity contribution in [1.82, 2.24) is 4.90 Å². The fraction of sp³-hybridized carbons (Fsp3) is 0.320. The molecule has 1 aliphatic heterocycles. The topological polar surface area (TPSA) is 24.8 Å². The van der Waals surface area contributed by atoms with Crippen LogP contribution in [0.4, 0.5) is 0 Å². The first-order valence-electron chi connectivity index (χ1n) is 10.2. The first kappa shape index (κ1) is 20.1. The molecule has 0 aromatic heterocycles. The number of benzene rings is 2. The van der Waals surface area contributed by atoms with Gasteiger partial charge in [0.1, 0.15) is 0 Å². The molecule has 3 rings (SSSR count). The van der Waals surface area contributed by atoms with Gasteiger partial charge in [0, 0.05) is 6.08 Å². The number of piperazine rings is 1. The summed E-state index contributed by atoms with van der Waals surface area (Å²) in [5, 5.41) is 0. The minimum Gasteiger partial charge on any atom is -0.329 e. The number of rotatable bonds is 6. The summed E-state index contributed by atoms with van der Waals surface area (Å²) in [6, 6.07) is 18.8. The third-order valence-electron chi connectivity index (χ3n) is 5.32. The molecule has 1 N–H and O–H groups in total. The van der Waals surface area contributed by atoms with Gasteiger partial charge in [-0.1, -0.05) is 74.5 Å². The normalized spacial score (nSPS) is 15.8. The van der Waals surface area contributed by atoms with E-state index in [4.69, 9.17) is 0 Å². The summed E-state index contributed by atoms with van der Waals surface area (Å²) < 4.78 is 0. The quantitative estimate of drug-likeness (QED) is 0.770. The highest BCUT2D eigenvalue weighted by Gasteiger charge is 2.21. The third-order valence-corrected chi connectivity index (χ3v) is 5.32. The maximum atomic E-state index is 12.5. The lowest BCUT2D eigenvalue weighted by atomic mass is 10.0. The summed E-state index contributed by atoms with van der Waals surface area (Å²) in [6.07, 6.45) is 8.06. The van der Waals surface area contributed by atoms with Crippen molar-refractivity contribution in [2.24, 2.45) is 0 Å². The molecule has 0 saturated carbocycles. The van der Waals surface area contributed by atoms with Crippen molar-refractivity contribution in [1.29, 1.82) is 0 Å². The zero-order valence-electron chi connectivity index (χ0n) is 17.0. The first-order chi connectivity index (χ1) is 13.6. The maximum Gasteiger partial charge on any atom is 0.246 e. The minimum atomic E-state index is 0.117. The highest BCUT2D eigenvalue weighted by atomic mass is 16.2. The van der Waals surface area contributed by atoms with Crippen molar-refractivity contribution in [2.75, 3.05) is 32.7 Å². The third kappa shape index (κ3) is 5.93. The van der Waals surface area contributed by atoms with Crippen LogP contribution in [0.5, 0.6) is 0 Å². The lowest BCUT2D eigenvalue weighted by molar-refractivity contribution is -0.898. The van der Waals surface area contributed by atoms with Crippen LogP contribution in [0.15, 0.2) is 66.7 Å². The Morgan fingerprint density at radius 3 is 2.25 bits per heavy atom. The van der Waals surface area contributed by atoms with Gasteiger partial charge in [0.2, 0.25) is 5.91 Å². The van der Waals surface area contributed by atoms with E-state index < -0.39 is 0 Å². The number of amides is 1. The second-order valence-corrected chi connectivity index (χ2v) is 7.75. The van der Waals surface area contributed by atoms with Crippen LogP contribution >= 0.6 is 0 Å². The largest absolute Gasteiger partial charge is 0.329 e. The van der Waals surface area contributed by atoms with E-state index in [0.29, 0.717) is 5.92 Å². The van der Waals surface area contributed by atoms with Gasteiger partial charge in [-0.3, -0.25) is 4.79 Å². The van der Waals surface area contributed by atoms with Crippen molar-refractivity contribution in [3.8, 4) is 0 Å². The molecule has 0 aliphatic carbocycles. The highest BCUT2D eigenvalue weighted by Crippen LogP contribution is 2.15. The second kappa shape index (κ2) is 10.0. The van der Waals surface area contributed by atoms with Gasteiger partial charge in [0.05, 0.1) is 32.7 Å². The summed E-state index contributed by atoms with van der Waals surface area (Å²) in [6.45, 7) is 9.04. The van der Waals surface area contributed by atoms with Gasteiger partial charge in [-0.15, -0.1) is 0 Å². The van der Waals surface area contributed by atoms with E-state index in [2.05, 4.69) is 74.5 Å². The molecule has 1 heterocycles. The zero-order chi connectivity index (χ0) is 19.8. The minimum absolute atomic E-state index is 0.117. The molecule has 146 valence electrons. The van der Waals surface area contributed by atoms with E-state index in [1.807, 2.05) is 17.0 Å². The molecule has 0 unspecified atom stereocenters. The van der Waals surface area contributed by atoms with Crippen LogP contribution in [0.3, 0.4) is 0 Å². The Bertz CT molecular complexity index is 798. The number of nitrogens with zero attached hydrogens (tertiary/aromatic N) is 1. The molecular formula is C25H31N2O+. The van der Waals surface area contributed by atoms with Crippen LogP contribution in [-0.4, -0.2) is 43.5 Å². The molecule has 0 bridgehead atoms. The number of nitrogens with one attached hydrogen (secondary N) is 1. The van der Waals surface area contributed by atoms with E-state index in [0.717, 1.165) is 38.3 Å². The molecule has 2 aromatic rings. The van der Waals surface area contributed by atoms with Crippen molar-refractivity contribution < 1.29 is 9.69 Å². The van der Waals surface area contributed by atoms with Gasteiger partial charge >= 0.3 is 0 Å². The van der Waals surface area contributed by atoms with Crippen LogP contribution in [0.2, 0.25) is 0 Å². The SMILES string of the molecule is CC(C)c1ccc(/C=C/C(=O)N2CC[NH+](C/C=C/c3ccccc3)CC2)cc1. The predicted octanol–water partition coefficient (Wildman–Crippen LogP) is 3.26. The Hall–Kier alpha value is -2.65. The van der Waals surface area contributed by atoms with E-state index in [-0.39, 0.29) is 5.91 Å². The van der Waals surface area contributed by atoms with Crippen LogP contribution in [0, 0.1) is 0 Å². The molecule has 0 radical (unpaired) electrons. The number of hydrogen-bond acceptors (Lipinski definition) is 1. The fourth-order valence-corrected chi connectivity index (χ4v) is 3.44. The molecule has 3 nitrogen and oxygen atoms in total. The summed E-state index contributed by atoms with van der Waals surface area (Å²) >= 11 is 0.